The Labute approximate surface area is 214 Å². The van der Waals surface area contributed by atoms with Gasteiger partial charge in [0.05, 0.1) is 11.0 Å². The first-order valence-corrected chi connectivity index (χ1v) is 15.4. The Hall–Kier alpha value is -3.43. The fraction of sp³-hybridized carbons (Fsp3) is 0.212. The molecule has 1 aliphatic carbocycles. The van der Waals surface area contributed by atoms with E-state index in [1.165, 1.54) is 50.1 Å². The van der Waals surface area contributed by atoms with Crippen molar-refractivity contribution in [3.05, 3.63) is 113 Å². The Balaban J connectivity index is 1.52. The number of benzene rings is 3. The van der Waals surface area contributed by atoms with Gasteiger partial charge in [0.2, 0.25) is 0 Å². The molecule has 1 unspecified atom stereocenters. The van der Waals surface area contributed by atoms with Crippen LogP contribution in [0.1, 0.15) is 42.6 Å². The van der Waals surface area contributed by atoms with Crippen molar-refractivity contribution >= 4 is 31.8 Å². The molecule has 7 rings (SSSR count). The quantitative estimate of drug-likeness (QED) is 0.220. The molecule has 0 fully saturated rings. The van der Waals surface area contributed by atoms with Gasteiger partial charge in [-0.3, -0.25) is 0 Å². The van der Waals surface area contributed by atoms with Crippen molar-refractivity contribution in [3.63, 3.8) is 0 Å². The molecule has 2 atom stereocenters. The van der Waals surface area contributed by atoms with Crippen LogP contribution < -0.4 is 0 Å². The topological polar surface area (TPSA) is 9.86 Å². The second kappa shape index (κ2) is 7.78. The minimum absolute atomic E-state index is 0.377. The van der Waals surface area contributed by atoms with Crippen molar-refractivity contribution in [2.45, 2.75) is 37.0 Å². The van der Waals surface area contributed by atoms with Gasteiger partial charge in [0.25, 0.3) is 0 Å². The Bertz CT molecular complexity index is 1730. The molecule has 1 aliphatic heterocycles. The van der Waals surface area contributed by atoms with Crippen LogP contribution in [0.2, 0.25) is 0 Å². The summed E-state index contributed by atoms with van der Waals surface area (Å²) in [5, 5.41) is 5.25. The van der Waals surface area contributed by atoms with E-state index in [1.54, 1.807) is 4.90 Å². The van der Waals surface area contributed by atoms with Crippen LogP contribution in [0.5, 0.6) is 0 Å². The van der Waals surface area contributed by atoms with Gasteiger partial charge in [-0.25, -0.2) is 0 Å². The second-order valence-electron chi connectivity index (χ2n) is 10.7. The van der Waals surface area contributed by atoms with E-state index in [-0.39, 0.29) is 0 Å². The molecule has 0 N–H and O–H groups in total. The number of hydrogen-bond acceptors (Lipinski definition) is 0. The van der Waals surface area contributed by atoms with Crippen molar-refractivity contribution in [1.82, 2.24) is 9.13 Å². The van der Waals surface area contributed by atoms with Gasteiger partial charge in [0.15, 0.2) is 0 Å². The summed E-state index contributed by atoms with van der Waals surface area (Å²) in [6, 6.07) is 27.1. The monoisotopic (exact) mass is 488 g/mol. The average molecular weight is 489 g/mol. The third-order valence-electron chi connectivity index (χ3n) is 8.07. The minimum Gasteiger partial charge on any atom is -0.313 e. The molecule has 2 nitrogen and oxygen atoms in total. The predicted octanol–water partition coefficient (Wildman–Crippen LogP) is 8.84. The van der Waals surface area contributed by atoms with Crippen molar-refractivity contribution in [2.24, 2.45) is 0 Å². The molecule has 0 saturated heterocycles. The third kappa shape index (κ3) is 2.99. The van der Waals surface area contributed by atoms with E-state index < -0.39 is 10.0 Å². The van der Waals surface area contributed by atoms with Crippen LogP contribution in [-0.2, 0) is 6.42 Å². The summed E-state index contributed by atoms with van der Waals surface area (Å²) < 4.78 is 5.05. The first kappa shape index (κ1) is 21.8. The molecule has 0 radical (unpaired) electrons. The lowest BCUT2D eigenvalue weighted by Gasteiger charge is -2.34. The van der Waals surface area contributed by atoms with Crippen molar-refractivity contribution in [1.29, 1.82) is 0 Å². The van der Waals surface area contributed by atoms with Crippen LogP contribution in [0, 0.1) is 0 Å². The summed E-state index contributed by atoms with van der Waals surface area (Å²) in [6.45, 7) is 4.66. The predicted molar refractivity (Wildman–Crippen MR) is 157 cm³/mol. The normalized spacial score (nSPS) is 21.0. The zero-order valence-electron chi connectivity index (χ0n) is 21.4. The molecule has 0 saturated carbocycles. The summed E-state index contributed by atoms with van der Waals surface area (Å²) in [4.78, 5) is 1.54. The summed E-state index contributed by atoms with van der Waals surface area (Å²) in [7, 11) is -1.00. The number of rotatable bonds is 2. The van der Waals surface area contributed by atoms with E-state index >= 15 is 0 Å². The van der Waals surface area contributed by atoms with Gasteiger partial charge in [-0.1, -0.05) is 74.5 Å². The highest BCUT2D eigenvalue weighted by atomic mass is 32.3. The molecule has 36 heavy (non-hydrogen) atoms. The summed E-state index contributed by atoms with van der Waals surface area (Å²) in [5.41, 5.74) is 9.45. The maximum absolute atomic E-state index is 2.54. The molecule has 0 bridgehead atoms. The fourth-order valence-corrected chi connectivity index (χ4v) is 8.82. The van der Waals surface area contributed by atoms with Crippen LogP contribution in [0.15, 0.2) is 101 Å². The second-order valence-corrected chi connectivity index (χ2v) is 14.2. The fourth-order valence-electron chi connectivity index (χ4n) is 6.49. The highest BCUT2D eigenvalue weighted by Crippen LogP contribution is 2.60. The molecule has 0 spiro atoms. The summed E-state index contributed by atoms with van der Waals surface area (Å²) >= 11 is 0. The molecule has 2 aliphatic rings. The lowest BCUT2D eigenvalue weighted by Crippen LogP contribution is -2.11. The van der Waals surface area contributed by atoms with E-state index in [0.717, 1.165) is 6.42 Å². The lowest BCUT2D eigenvalue weighted by molar-refractivity contribution is 0.822. The van der Waals surface area contributed by atoms with E-state index in [0.29, 0.717) is 11.8 Å². The number of nitrogens with zero attached hydrogens (tertiary/aromatic N) is 2. The number of allylic oxidation sites excluding steroid dienone is 3. The lowest BCUT2D eigenvalue weighted by atomic mass is 9.94. The number of fused-ring (bicyclic) bond motifs is 6. The van der Waals surface area contributed by atoms with E-state index in [2.05, 4.69) is 132 Å². The van der Waals surface area contributed by atoms with Gasteiger partial charge < -0.3 is 9.13 Å². The van der Waals surface area contributed by atoms with Crippen LogP contribution in [0.4, 0.5) is 0 Å². The van der Waals surface area contributed by atoms with E-state index in [1.807, 2.05) is 0 Å². The van der Waals surface area contributed by atoms with E-state index in [4.69, 9.17) is 0 Å². The van der Waals surface area contributed by atoms with Crippen molar-refractivity contribution in [3.8, 4) is 11.4 Å². The smallest absolute Gasteiger partial charge is 0.0542 e. The first-order chi connectivity index (χ1) is 17.5. The van der Waals surface area contributed by atoms with E-state index in [9.17, 15) is 0 Å². The zero-order valence-corrected chi connectivity index (χ0v) is 22.2. The molecule has 3 aromatic carbocycles. The van der Waals surface area contributed by atoms with Gasteiger partial charge in [0.1, 0.15) is 0 Å². The summed E-state index contributed by atoms with van der Waals surface area (Å²) in [6.07, 6.45) is 13.0. The molecular formula is C33H32N2S. The van der Waals surface area contributed by atoms with Gasteiger partial charge in [0, 0.05) is 50.3 Å². The van der Waals surface area contributed by atoms with Crippen LogP contribution in [0.3, 0.4) is 0 Å². The minimum atomic E-state index is -1.00. The van der Waals surface area contributed by atoms with Gasteiger partial charge in [-0.2, -0.15) is 10.0 Å². The molecule has 3 heteroatoms. The average Bonchev–Trinajstić information content (AvgIpc) is 3.42. The third-order valence-corrected chi connectivity index (χ3v) is 10.4. The number of para-hydroxylation sites is 2. The number of hydrogen-bond donors (Lipinski definition) is 0. The summed E-state index contributed by atoms with van der Waals surface area (Å²) in [5.74, 6) is 0.765. The zero-order chi connectivity index (χ0) is 24.6. The highest BCUT2D eigenvalue weighted by Gasteiger charge is 2.31. The molecule has 3 heterocycles. The van der Waals surface area contributed by atoms with Gasteiger partial charge in [-0.05, 0) is 60.2 Å². The van der Waals surface area contributed by atoms with Crippen molar-refractivity contribution < 1.29 is 0 Å². The van der Waals surface area contributed by atoms with Crippen molar-refractivity contribution in [2.75, 3.05) is 12.5 Å². The first-order valence-electron chi connectivity index (χ1n) is 12.9. The molecular weight excluding hydrogens is 456 g/mol. The van der Waals surface area contributed by atoms with Gasteiger partial charge >= 0.3 is 0 Å². The van der Waals surface area contributed by atoms with Gasteiger partial charge in [-0.15, -0.1) is 0 Å². The van der Waals surface area contributed by atoms with Crippen LogP contribution in [0.25, 0.3) is 33.2 Å². The Morgan fingerprint density at radius 1 is 0.694 bits per heavy atom. The standard InChI is InChI=1S/C33H32N2S/c1-22-11-9-16-27-26-14-5-7-17-29(26)34(31(22)27)24-12-10-13-25(21-24)35-30-18-8-6-15-28(30)33-32(35)23(2)19-20-36(33,3)4/h5-15,17-23H,16H2,1-4H3/t22?,23-/m1/s1. The molecule has 5 aromatic rings. The number of aromatic nitrogens is 2. The molecule has 0 amide bonds. The molecule has 180 valence electrons. The maximum atomic E-state index is 2.54. The largest absolute Gasteiger partial charge is 0.313 e. The highest BCUT2D eigenvalue weighted by molar-refractivity contribution is 8.35. The van der Waals surface area contributed by atoms with Crippen LogP contribution in [-0.4, -0.2) is 21.6 Å². The Morgan fingerprint density at radius 2 is 1.31 bits per heavy atom. The Morgan fingerprint density at radius 3 is 2.06 bits per heavy atom. The molecule has 2 aromatic heterocycles. The maximum Gasteiger partial charge on any atom is 0.0542 e. The SMILES string of the molecule is CC1C=CCc2c1n(-c1cccc(-n3c4c(c5ccccc53)S(C)(C)C=C[C@H]4C)c1)c1ccccc21. The van der Waals surface area contributed by atoms with Crippen LogP contribution >= 0.6 is 10.0 Å². The Kier molecular flexibility index (Phi) is 4.72.